The molecule has 2 heterocycles. The lowest BCUT2D eigenvalue weighted by Gasteiger charge is -2.16. The zero-order chi connectivity index (χ0) is 28.5. The number of hydrogen-bond donors (Lipinski definition) is 2. The number of tetrazole rings is 1. The largest absolute Gasteiger partial charge is 0.455 e. The summed E-state index contributed by atoms with van der Waals surface area (Å²) in [6.45, 7) is 4.99. The van der Waals surface area contributed by atoms with Gasteiger partial charge in [-0.3, -0.25) is 9.59 Å². The van der Waals surface area contributed by atoms with Gasteiger partial charge in [0, 0.05) is 21.7 Å². The minimum Gasteiger partial charge on any atom is -0.350 e. The molecule has 0 aliphatic heterocycles. The van der Waals surface area contributed by atoms with Crippen molar-refractivity contribution in [3.05, 3.63) is 74.1 Å². The number of aryl methyl sites for hydroxylation is 1. The number of nitrogens with one attached hydrogen (secondary N) is 2. The van der Waals surface area contributed by atoms with Crippen molar-refractivity contribution < 1.29 is 22.8 Å². The third-order valence-electron chi connectivity index (χ3n) is 5.19. The van der Waals surface area contributed by atoms with Gasteiger partial charge in [0.1, 0.15) is 17.2 Å². The molecular weight excluding hydrogens is 578 g/mol. The maximum Gasteiger partial charge on any atom is 0.455 e. The SMILES string of the molecule is Cc1cc(Cl)cc(C(=O)NC(C)C)c1NC(=O)c1nc(Cn2nnc(C(F)(F)F)n2)sc1-c1ccccc1Cl. The first kappa shape index (κ1) is 28.5. The van der Waals surface area contributed by atoms with E-state index in [1.54, 1.807) is 51.1 Å². The first-order valence-electron chi connectivity index (χ1n) is 11.4. The van der Waals surface area contributed by atoms with Crippen LogP contribution in [0.4, 0.5) is 18.9 Å². The molecule has 2 N–H and O–H groups in total. The number of benzene rings is 2. The van der Waals surface area contributed by atoms with Gasteiger partial charge in [0.2, 0.25) is 0 Å². The number of hydrogen-bond acceptors (Lipinski definition) is 7. The fourth-order valence-corrected chi connectivity index (χ4v) is 5.19. The molecule has 4 rings (SSSR count). The van der Waals surface area contributed by atoms with Crippen LogP contribution in [0.5, 0.6) is 0 Å². The van der Waals surface area contributed by atoms with Gasteiger partial charge >= 0.3 is 6.18 Å². The highest BCUT2D eigenvalue weighted by Crippen LogP contribution is 2.36. The van der Waals surface area contributed by atoms with Gasteiger partial charge in [-0.2, -0.15) is 18.0 Å². The van der Waals surface area contributed by atoms with Crippen LogP contribution in [0.2, 0.25) is 10.0 Å². The van der Waals surface area contributed by atoms with Crippen molar-refractivity contribution in [1.82, 2.24) is 30.5 Å². The summed E-state index contributed by atoms with van der Waals surface area (Å²) in [5.74, 6) is -2.50. The summed E-state index contributed by atoms with van der Waals surface area (Å²) in [5, 5.41) is 16.2. The summed E-state index contributed by atoms with van der Waals surface area (Å²) in [4.78, 5) is 31.9. The van der Waals surface area contributed by atoms with Crippen LogP contribution >= 0.6 is 34.5 Å². The molecule has 0 aliphatic rings. The summed E-state index contributed by atoms with van der Waals surface area (Å²) in [7, 11) is 0. The van der Waals surface area contributed by atoms with Crippen molar-refractivity contribution in [2.24, 2.45) is 0 Å². The number of amides is 2. The molecule has 0 atom stereocenters. The number of carbonyl (C=O) groups is 2. The van der Waals surface area contributed by atoms with E-state index < -0.39 is 23.8 Å². The van der Waals surface area contributed by atoms with E-state index in [9.17, 15) is 22.8 Å². The Balaban J connectivity index is 1.74. The molecule has 9 nitrogen and oxygen atoms in total. The number of thiazole rings is 1. The maximum atomic E-state index is 13.6. The second-order valence-corrected chi connectivity index (χ2v) is 10.6. The number of halogens is 5. The van der Waals surface area contributed by atoms with Crippen LogP contribution in [0.3, 0.4) is 0 Å². The van der Waals surface area contributed by atoms with E-state index in [0.717, 1.165) is 16.1 Å². The average Bonchev–Trinajstić information content (AvgIpc) is 3.48. The fourth-order valence-electron chi connectivity index (χ4n) is 3.56. The fraction of sp³-hybridized carbons (Fsp3) is 0.250. The lowest BCUT2D eigenvalue weighted by atomic mass is 10.1. The number of carbonyl (C=O) groups excluding carboxylic acids is 2. The Kier molecular flexibility index (Phi) is 8.23. The van der Waals surface area contributed by atoms with Gasteiger partial charge in [0.25, 0.3) is 17.6 Å². The van der Waals surface area contributed by atoms with Crippen molar-refractivity contribution in [3.8, 4) is 10.4 Å². The monoisotopic (exact) mass is 597 g/mol. The summed E-state index contributed by atoms with van der Waals surface area (Å²) >= 11 is 13.6. The third-order valence-corrected chi connectivity index (χ3v) is 6.81. The molecule has 2 aromatic heterocycles. The summed E-state index contributed by atoms with van der Waals surface area (Å²) in [5.41, 5.74) is 1.36. The van der Waals surface area contributed by atoms with Crippen molar-refractivity contribution in [3.63, 3.8) is 0 Å². The number of rotatable bonds is 7. The molecule has 0 saturated carbocycles. The van der Waals surface area contributed by atoms with E-state index >= 15 is 0 Å². The Labute approximate surface area is 234 Å². The molecule has 39 heavy (non-hydrogen) atoms. The highest BCUT2D eigenvalue weighted by Gasteiger charge is 2.37. The Morgan fingerprint density at radius 1 is 1.13 bits per heavy atom. The smallest absolute Gasteiger partial charge is 0.350 e. The number of alkyl halides is 3. The first-order valence-corrected chi connectivity index (χ1v) is 12.9. The molecule has 0 unspecified atom stereocenters. The molecule has 204 valence electrons. The minimum absolute atomic E-state index is 0.0520. The second kappa shape index (κ2) is 11.3. The summed E-state index contributed by atoms with van der Waals surface area (Å²) in [6.07, 6.45) is -4.76. The van der Waals surface area contributed by atoms with E-state index in [4.69, 9.17) is 23.2 Å². The van der Waals surface area contributed by atoms with Crippen LogP contribution in [0, 0.1) is 6.92 Å². The normalized spacial score (nSPS) is 11.6. The molecule has 0 bridgehead atoms. The van der Waals surface area contributed by atoms with Gasteiger partial charge in [0.15, 0.2) is 0 Å². The van der Waals surface area contributed by atoms with Crippen LogP contribution < -0.4 is 10.6 Å². The highest BCUT2D eigenvalue weighted by atomic mass is 35.5. The zero-order valence-electron chi connectivity index (χ0n) is 20.6. The minimum atomic E-state index is -4.76. The van der Waals surface area contributed by atoms with Crippen molar-refractivity contribution in [1.29, 1.82) is 0 Å². The number of anilines is 1. The summed E-state index contributed by atoms with van der Waals surface area (Å²) in [6, 6.07) is 9.61. The second-order valence-electron chi connectivity index (χ2n) is 8.63. The van der Waals surface area contributed by atoms with Crippen molar-refractivity contribution >= 4 is 52.0 Å². The Morgan fingerprint density at radius 2 is 1.85 bits per heavy atom. The lowest BCUT2D eigenvalue weighted by molar-refractivity contribution is -0.145. The quantitative estimate of drug-likeness (QED) is 0.275. The predicted octanol–water partition coefficient (Wildman–Crippen LogP) is 5.87. The Bertz CT molecular complexity index is 1550. The van der Waals surface area contributed by atoms with Crippen molar-refractivity contribution in [2.75, 3.05) is 5.32 Å². The van der Waals surface area contributed by atoms with E-state index in [1.165, 1.54) is 6.07 Å². The topological polar surface area (TPSA) is 115 Å². The maximum absolute atomic E-state index is 13.6. The first-order chi connectivity index (χ1) is 18.3. The molecule has 0 aliphatic carbocycles. The molecule has 4 aromatic rings. The van der Waals surface area contributed by atoms with Crippen molar-refractivity contribution in [2.45, 2.75) is 39.5 Å². The van der Waals surface area contributed by atoms with E-state index in [0.29, 0.717) is 26.0 Å². The molecule has 2 aromatic carbocycles. The molecule has 0 fully saturated rings. The predicted molar refractivity (Wildman–Crippen MR) is 141 cm³/mol. The van der Waals surface area contributed by atoms with Gasteiger partial charge < -0.3 is 10.6 Å². The van der Waals surface area contributed by atoms with Crippen LogP contribution in [0.1, 0.15) is 51.1 Å². The Morgan fingerprint density at radius 3 is 2.49 bits per heavy atom. The van der Waals surface area contributed by atoms with Gasteiger partial charge in [-0.1, -0.05) is 41.4 Å². The van der Waals surface area contributed by atoms with Crippen LogP contribution in [-0.2, 0) is 12.7 Å². The van der Waals surface area contributed by atoms with Gasteiger partial charge in [-0.15, -0.1) is 21.5 Å². The zero-order valence-corrected chi connectivity index (χ0v) is 22.9. The Hall–Kier alpha value is -3.55. The van der Waals surface area contributed by atoms with Crippen LogP contribution in [0.15, 0.2) is 36.4 Å². The van der Waals surface area contributed by atoms with Gasteiger partial charge in [-0.05, 0) is 49.7 Å². The molecule has 0 saturated heterocycles. The molecule has 0 spiro atoms. The third kappa shape index (κ3) is 6.54. The molecular formula is C24H20Cl2F3N7O2S. The number of aromatic nitrogens is 5. The standard InChI is InChI=1S/C24H20Cl2F3N7O2S/c1-11(2)30-21(37)15-9-13(25)8-12(3)18(15)32-22(38)19-20(14-6-4-5-7-16(14)26)39-17(31-19)10-36-34-23(33-35-36)24(27,28)29/h4-9,11H,10H2,1-3H3,(H,30,37)(H,32,38). The molecule has 0 radical (unpaired) electrons. The van der Waals surface area contributed by atoms with E-state index in [-0.39, 0.29) is 34.5 Å². The van der Waals surface area contributed by atoms with Crippen LogP contribution in [0.25, 0.3) is 10.4 Å². The summed E-state index contributed by atoms with van der Waals surface area (Å²) < 4.78 is 38.7. The highest BCUT2D eigenvalue weighted by molar-refractivity contribution is 7.15. The van der Waals surface area contributed by atoms with E-state index in [2.05, 4.69) is 31.0 Å². The molecule has 2 amide bonds. The van der Waals surface area contributed by atoms with Gasteiger partial charge in [0.05, 0.1) is 16.1 Å². The van der Waals surface area contributed by atoms with E-state index in [1.807, 2.05) is 0 Å². The lowest BCUT2D eigenvalue weighted by Crippen LogP contribution is -2.31. The van der Waals surface area contributed by atoms with Crippen LogP contribution in [-0.4, -0.2) is 43.0 Å². The molecule has 15 heteroatoms. The number of nitrogens with zero attached hydrogens (tertiary/aromatic N) is 5. The average molecular weight is 598 g/mol. The van der Waals surface area contributed by atoms with Gasteiger partial charge in [-0.25, -0.2) is 4.98 Å².